The second kappa shape index (κ2) is 6.53. The maximum Gasteiger partial charge on any atom is 0.256 e. The van der Waals surface area contributed by atoms with Crippen LogP contribution < -0.4 is 15.6 Å². The van der Waals surface area contributed by atoms with Gasteiger partial charge in [0.15, 0.2) is 0 Å². The molecule has 1 rings (SSSR count). The molecule has 0 saturated heterocycles. The van der Waals surface area contributed by atoms with E-state index in [2.05, 4.69) is 22.2 Å². The summed E-state index contributed by atoms with van der Waals surface area (Å²) in [6.07, 6.45) is 0. The molecule has 0 fully saturated rings. The van der Waals surface area contributed by atoms with Crippen molar-refractivity contribution >= 4 is 15.9 Å². The highest BCUT2D eigenvalue weighted by Gasteiger charge is 2.21. The Morgan fingerprint density at radius 1 is 1.20 bits per heavy atom. The number of allylic oxidation sites excluding steroid dienone is 1. The standard InChI is InChI=1S/C13H19N3O3S/c1-9(2)14-15-13(17)11(4)16-20(18,19)12-7-5-10(3)6-8-12/h5-8,11,14,16H,1H2,2-4H3,(H,15,17). The van der Waals surface area contributed by atoms with Gasteiger partial charge in [-0.15, -0.1) is 0 Å². The molecular formula is C13H19N3O3S. The van der Waals surface area contributed by atoms with Gasteiger partial charge < -0.3 is 5.43 Å². The van der Waals surface area contributed by atoms with Crippen molar-refractivity contribution in [1.82, 2.24) is 15.6 Å². The molecule has 0 saturated carbocycles. The molecule has 1 aromatic carbocycles. The minimum absolute atomic E-state index is 0.121. The third-order valence-corrected chi connectivity index (χ3v) is 4.01. The summed E-state index contributed by atoms with van der Waals surface area (Å²) in [5.41, 5.74) is 6.39. The monoisotopic (exact) mass is 297 g/mol. The van der Waals surface area contributed by atoms with Gasteiger partial charge in [-0.05, 0) is 32.9 Å². The van der Waals surface area contributed by atoms with Crippen LogP contribution in [0, 0.1) is 6.92 Å². The molecule has 7 heteroatoms. The van der Waals surface area contributed by atoms with Crippen LogP contribution in [0.4, 0.5) is 0 Å². The fourth-order valence-electron chi connectivity index (χ4n) is 1.35. The summed E-state index contributed by atoms with van der Waals surface area (Å²) in [4.78, 5) is 11.8. The molecule has 1 aromatic rings. The SMILES string of the molecule is C=C(C)NNC(=O)C(C)NS(=O)(=O)c1ccc(C)cc1. The third kappa shape index (κ3) is 4.67. The summed E-state index contributed by atoms with van der Waals surface area (Å²) < 4.78 is 26.4. The Morgan fingerprint density at radius 3 is 2.25 bits per heavy atom. The average Bonchev–Trinajstić information content (AvgIpc) is 2.35. The Morgan fingerprint density at radius 2 is 1.75 bits per heavy atom. The number of amides is 1. The van der Waals surface area contributed by atoms with Crippen molar-refractivity contribution < 1.29 is 13.2 Å². The van der Waals surface area contributed by atoms with Gasteiger partial charge in [0.25, 0.3) is 5.91 Å². The second-order valence-electron chi connectivity index (χ2n) is 4.55. The van der Waals surface area contributed by atoms with Gasteiger partial charge in [-0.1, -0.05) is 24.3 Å². The lowest BCUT2D eigenvalue weighted by atomic mass is 10.2. The molecular weight excluding hydrogens is 278 g/mol. The van der Waals surface area contributed by atoms with Crippen LogP contribution >= 0.6 is 0 Å². The van der Waals surface area contributed by atoms with E-state index < -0.39 is 22.0 Å². The number of nitrogens with one attached hydrogen (secondary N) is 3. The van der Waals surface area contributed by atoms with E-state index in [1.165, 1.54) is 19.1 Å². The summed E-state index contributed by atoms with van der Waals surface area (Å²) in [6, 6.07) is 5.47. The topological polar surface area (TPSA) is 87.3 Å². The lowest BCUT2D eigenvalue weighted by molar-refractivity contribution is -0.123. The first kappa shape index (κ1) is 16.2. The zero-order valence-corrected chi connectivity index (χ0v) is 12.5. The van der Waals surface area contributed by atoms with Crippen LogP contribution in [-0.4, -0.2) is 20.4 Å². The van der Waals surface area contributed by atoms with Gasteiger partial charge in [-0.2, -0.15) is 4.72 Å². The van der Waals surface area contributed by atoms with Crippen molar-refractivity contribution in [2.45, 2.75) is 31.7 Å². The van der Waals surface area contributed by atoms with Crippen molar-refractivity contribution in [3.05, 3.63) is 42.1 Å². The van der Waals surface area contributed by atoms with E-state index in [1.54, 1.807) is 19.1 Å². The van der Waals surface area contributed by atoms with E-state index >= 15 is 0 Å². The summed E-state index contributed by atoms with van der Waals surface area (Å²) >= 11 is 0. The number of sulfonamides is 1. The van der Waals surface area contributed by atoms with E-state index in [-0.39, 0.29) is 4.90 Å². The molecule has 1 amide bonds. The lowest BCUT2D eigenvalue weighted by Gasteiger charge is -2.15. The minimum atomic E-state index is -3.72. The smallest absolute Gasteiger partial charge is 0.256 e. The van der Waals surface area contributed by atoms with Gasteiger partial charge in [0, 0.05) is 5.70 Å². The number of hydrazine groups is 1. The molecule has 0 aliphatic heterocycles. The average molecular weight is 297 g/mol. The molecule has 0 heterocycles. The van der Waals surface area contributed by atoms with Crippen LogP contribution in [0.3, 0.4) is 0 Å². The van der Waals surface area contributed by atoms with Crippen LogP contribution in [0.1, 0.15) is 19.4 Å². The molecule has 0 bridgehead atoms. The van der Waals surface area contributed by atoms with Crippen LogP contribution in [-0.2, 0) is 14.8 Å². The van der Waals surface area contributed by atoms with E-state index in [4.69, 9.17) is 0 Å². The zero-order valence-electron chi connectivity index (χ0n) is 11.7. The van der Waals surface area contributed by atoms with Crippen LogP contribution in [0.25, 0.3) is 0 Å². The van der Waals surface area contributed by atoms with E-state index in [9.17, 15) is 13.2 Å². The van der Waals surface area contributed by atoms with Gasteiger partial charge in [0.1, 0.15) is 0 Å². The second-order valence-corrected chi connectivity index (χ2v) is 6.26. The quantitative estimate of drug-likeness (QED) is 0.678. The van der Waals surface area contributed by atoms with Crippen molar-refractivity contribution in [2.24, 2.45) is 0 Å². The van der Waals surface area contributed by atoms with Gasteiger partial charge in [0.05, 0.1) is 10.9 Å². The third-order valence-electron chi connectivity index (χ3n) is 2.46. The number of rotatable bonds is 6. The van der Waals surface area contributed by atoms with E-state index in [0.29, 0.717) is 5.70 Å². The molecule has 3 N–H and O–H groups in total. The Balaban J connectivity index is 2.73. The lowest BCUT2D eigenvalue weighted by Crippen LogP contribution is -2.48. The summed E-state index contributed by atoms with van der Waals surface area (Å²) in [6.45, 7) is 8.54. The van der Waals surface area contributed by atoms with Crippen molar-refractivity contribution in [3.8, 4) is 0 Å². The van der Waals surface area contributed by atoms with Crippen LogP contribution in [0.15, 0.2) is 41.4 Å². The number of hydrogen-bond donors (Lipinski definition) is 3. The molecule has 110 valence electrons. The number of aryl methyl sites for hydroxylation is 1. The number of benzene rings is 1. The van der Waals surface area contributed by atoms with Crippen molar-refractivity contribution in [1.29, 1.82) is 0 Å². The molecule has 1 unspecified atom stereocenters. The molecule has 0 spiro atoms. The Labute approximate surface area is 119 Å². The molecule has 0 aromatic heterocycles. The van der Waals surface area contributed by atoms with Gasteiger partial charge in [0.2, 0.25) is 10.0 Å². The number of carbonyl (C=O) groups is 1. The first-order chi connectivity index (χ1) is 9.22. The zero-order chi connectivity index (χ0) is 15.3. The van der Waals surface area contributed by atoms with Crippen molar-refractivity contribution in [2.75, 3.05) is 0 Å². The Hall–Kier alpha value is -1.86. The first-order valence-corrected chi connectivity index (χ1v) is 7.51. The molecule has 0 aliphatic carbocycles. The number of hydrogen-bond acceptors (Lipinski definition) is 4. The predicted octanol–water partition coefficient (Wildman–Crippen LogP) is 0.816. The predicted molar refractivity (Wildman–Crippen MR) is 77.1 cm³/mol. The largest absolute Gasteiger partial charge is 0.304 e. The molecule has 0 aliphatic rings. The molecule has 20 heavy (non-hydrogen) atoms. The fourth-order valence-corrected chi connectivity index (χ4v) is 2.55. The maximum absolute atomic E-state index is 12.1. The van der Waals surface area contributed by atoms with Gasteiger partial charge >= 0.3 is 0 Å². The normalized spacial score (nSPS) is 12.6. The first-order valence-electron chi connectivity index (χ1n) is 6.03. The summed E-state index contributed by atoms with van der Waals surface area (Å²) in [5.74, 6) is -0.497. The maximum atomic E-state index is 12.1. The Bertz CT molecular complexity index is 594. The van der Waals surface area contributed by atoms with E-state index in [1.807, 2.05) is 6.92 Å². The summed E-state index contributed by atoms with van der Waals surface area (Å²) in [7, 11) is -3.72. The highest BCUT2D eigenvalue weighted by Crippen LogP contribution is 2.10. The van der Waals surface area contributed by atoms with Crippen LogP contribution in [0.2, 0.25) is 0 Å². The summed E-state index contributed by atoms with van der Waals surface area (Å²) in [5, 5.41) is 0. The fraction of sp³-hybridized carbons (Fsp3) is 0.308. The van der Waals surface area contributed by atoms with Crippen LogP contribution in [0.5, 0.6) is 0 Å². The van der Waals surface area contributed by atoms with Crippen molar-refractivity contribution in [3.63, 3.8) is 0 Å². The highest BCUT2D eigenvalue weighted by molar-refractivity contribution is 7.89. The Kier molecular flexibility index (Phi) is 5.29. The minimum Gasteiger partial charge on any atom is -0.304 e. The number of carbonyl (C=O) groups excluding carboxylic acids is 1. The van der Waals surface area contributed by atoms with Gasteiger partial charge in [-0.25, -0.2) is 8.42 Å². The molecule has 0 radical (unpaired) electrons. The van der Waals surface area contributed by atoms with Gasteiger partial charge in [-0.3, -0.25) is 10.2 Å². The van der Waals surface area contributed by atoms with E-state index in [0.717, 1.165) is 5.56 Å². The molecule has 1 atom stereocenters. The highest BCUT2D eigenvalue weighted by atomic mass is 32.2. The molecule has 6 nitrogen and oxygen atoms in total.